The van der Waals surface area contributed by atoms with Gasteiger partial charge in [-0.15, -0.1) is 0 Å². The number of aliphatic hydroxyl groups excluding tert-OH is 1. The molecule has 2 nitrogen and oxygen atoms in total. The molecule has 1 aliphatic heterocycles. The zero-order valence-electron chi connectivity index (χ0n) is 10.5. The zero-order valence-corrected chi connectivity index (χ0v) is 10.5. The van der Waals surface area contributed by atoms with Gasteiger partial charge in [0, 0.05) is 30.8 Å². The first-order chi connectivity index (χ1) is 8.31. The van der Waals surface area contributed by atoms with E-state index >= 15 is 0 Å². The maximum absolute atomic E-state index is 9.40. The van der Waals surface area contributed by atoms with Gasteiger partial charge in [-0.2, -0.15) is 0 Å². The van der Waals surface area contributed by atoms with Crippen LogP contribution in [0.2, 0.25) is 0 Å². The van der Waals surface area contributed by atoms with Crippen molar-refractivity contribution in [2.45, 2.75) is 38.1 Å². The number of benzene rings is 1. The summed E-state index contributed by atoms with van der Waals surface area (Å²) in [6.45, 7) is 3.55. The topological polar surface area (TPSA) is 23.5 Å². The van der Waals surface area contributed by atoms with Gasteiger partial charge in [0.05, 0.1) is 0 Å². The second kappa shape index (κ2) is 4.34. The summed E-state index contributed by atoms with van der Waals surface area (Å²) in [4.78, 5) is 2.58. The molecule has 2 atom stereocenters. The Bertz CT molecular complexity index is 370. The van der Waals surface area contributed by atoms with E-state index in [1.807, 2.05) is 0 Å². The fraction of sp³-hybridized carbons (Fsp3) is 0.600. The lowest BCUT2D eigenvalue weighted by molar-refractivity contribution is 0.217. The summed E-state index contributed by atoms with van der Waals surface area (Å²) in [7, 11) is 0. The van der Waals surface area contributed by atoms with Crippen LogP contribution in [0.15, 0.2) is 24.3 Å². The summed E-state index contributed by atoms with van der Waals surface area (Å²) in [6.07, 6.45) is 4.06. The maximum atomic E-state index is 9.40. The summed E-state index contributed by atoms with van der Waals surface area (Å²) in [5.74, 6) is 0.873. The first-order valence-corrected chi connectivity index (χ1v) is 6.77. The number of aliphatic hydroxyl groups is 1. The third-order valence-electron chi connectivity index (χ3n) is 4.53. The first kappa shape index (κ1) is 11.1. The molecule has 1 saturated carbocycles. The van der Waals surface area contributed by atoms with Crippen molar-refractivity contribution in [1.29, 1.82) is 0 Å². The molecule has 0 bridgehead atoms. The van der Waals surface area contributed by atoms with Gasteiger partial charge in [-0.25, -0.2) is 0 Å². The van der Waals surface area contributed by atoms with E-state index in [1.165, 1.54) is 30.5 Å². The molecule has 2 aliphatic rings. The van der Waals surface area contributed by atoms with Gasteiger partial charge in [-0.05, 0) is 36.8 Å². The Kier molecular flexibility index (Phi) is 2.83. The number of rotatable bonds is 3. The van der Waals surface area contributed by atoms with E-state index in [2.05, 4.69) is 36.1 Å². The predicted octanol–water partition coefficient (Wildman–Crippen LogP) is 2.77. The van der Waals surface area contributed by atoms with Crippen LogP contribution in [0, 0.1) is 5.92 Å². The van der Waals surface area contributed by atoms with Crippen molar-refractivity contribution in [3.8, 4) is 0 Å². The highest BCUT2D eigenvalue weighted by molar-refractivity contribution is 5.61. The lowest BCUT2D eigenvalue weighted by Crippen LogP contribution is -2.40. The molecule has 1 aromatic carbocycles. The molecular weight excluding hydrogens is 210 g/mol. The lowest BCUT2D eigenvalue weighted by Gasteiger charge is -2.37. The molecule has 92 valence electrons. The fourth-order valence-electron chi connectivity index (χ4n) is 3.13. The van der Waals surface area contributed by atoms with Crippen LogP contribution in [-0.2, 0) is 0 Å². The Hall–Kier alpha value is -1.02. The monoisotopic (exact) mass is 231 g/mol. The molecule has 0 spiro atoms. The molecule has 0 amide bonds. The van der Waals surface area contributed by atoms with E-state index in [-0.39, 0.29) is 6.61 Å². The minimum Gasteiger partial charge on any atom is -0.396 e. The first-order valence-electron chi connectivity index (χ1n) is 6.77. The van der Waals surface area contributed by atoms with Crippen molar-refractivity contribution in [2.75, 3.05) is 18.1 Å². The molecule has 1 aliphatic carbocycles. The van der Waals surface area contributed by atoms with Crippen LogP contribution in [0.5, 0.6) is 0 Å². The highest BCUT2D eigenvalue weighted by Gasteiger charge is 2.36. The van der Waals surface area contributed by atoms with E-state index in [0.717, 1.165) is 12.6 Å². The Morgan fingerprint density at radius 2 is 2.12 bits per heavy atom. The SMILES string of the molecule is CC(CO)C1CN(C2CCC2)c2ccccc21. The molecule has 1 N–H and O–H groups in total. The average Bonchev–Trinajstić information content (AvgIpc) is 2.66. The standard InChI is InChI=1S/C15H21NO/c1-11(10-17)14-9-16(12-5-4-6-12)15-8-3-2-7-13(14)15/h2-3,7-8,11-12,14,17H,4-6,9-10H2,1H3. The van der Waals surface area contributed by atoms with Crippen molar-refractivity contribution >= 4 is 5.69 Å². The molecule has 0 saturated heterocycles. The molecule has 0 aromatic heterocycles. The smallest absolute Gasteiger partial charge is 0.0463 e. The second-order valence-electron chi connectivity index (χ2n) is 5.56. The van der Waals surface area contributed by atoms with Gasteiger partial charge in [-0.1, -0.05) is 25.1 Å². The predicted molar refractivity (Wildman–Crippen MR) is 70.4 cm³/mol. The highest BCUT2D eigenvalue weighted by Crippen LogP contribution is 2.43. The third-order valence-corrected chi connectivity index (χ3v) is 4.53. The minimum atomic E-state index is 0.289. The van der Waals surface area contributed by atoms with Crippen LogP contribution in [0.1, 0.15) is 37.7 Å². The summed E-state index contributed by atoms with van der Waals surface area (Å²) < 4.78 is 0. The molecule has 3 rings (SSSR count). The fourth-order valence-corrected chi connectivity index (χ4v) is 3.13. The van der Waals surface area contributed by atoms with Crippen LogP contribution >= 0.6 is 0 Å². The van der Waals surface area contributed by atoms with Crippen LogP contribution in [-0.4, -0.2) is 24.3 Å². The van der Waals surface area contributed by atoms with E-state index in [1.54, 1.807) is 0 Å². The van der Waals surface area contributed by atoms with Gasteiger partial charge in [0.15, 0.2) is 0 Å². The lowest BCUT2D eigenvalue weighted by atomic mass is 9.89. The van der Waals surface area contributed by atoms with Crippen molar-refractivity contribution in [3.05, 3.63) is 29.8 Å². The number of anilines is 1. The molecule has 0 radical (unpaired) electrons. The third kappa shape index (κ3) is 1.75. The quantitative estimate of drug-likeness (QED) is 0.864. The highest BCUT2D eigenvalue weighted by atomic mass is 16.3. The van der Waals surface area contributed by atoms with Gasteiger partial charge < -0.3 is 10.0 Å². The summed E-state index contributed by atoms with van der Waals surface area (Å²) in [6, 6.07) is 9.51. The Morgan fingerprint density at radius 3 is 2.76 bits per heavy atom. The average molecular weight is 231 g/mol. The van der Waals surface area contributed by atoms with E-state index in [4.69, 9.17) is 0 Å². The Morgan fingerprint density at radius 1 is 1.35 bits per heavy atom. The van der Waals surface area contributed by atoms with Crippen molar-refractivity contribution < 1.29 is 5.11 Å². The van der Waals surface area contributed by atoms with E-state index in [9.17, 15) is 5.11 Å². The largest absolute Gasteiger partial charge is 0.396 e. The molecule has 17 heavy (non-hydrogen) atoms. The number of hydrogen-bond donors (Lipinski definition) is 1. The van der Waals surface area contributed by atoms with Gasteiger partial charge in [0.25, 0.3) is 0 Å². The number of para-hydroxylation sites is 1. The van der Waals surface area contributed by atoms with Crippen molar-refractivity contribution in [2.24, 2.45) is 5.92 Å². The van der Waals surface area contributed by atoms with Crippen LogP contribution in [0.25, 0.3) is 0 Å². The summed E-state index contributed by atoms with van der Waals surface area (Å²) in [5.41, 5.74) is 2.86. The van der Waals surface area contributed by atoms with Gasteiger partial charge >= 0.3 is 0 Å². The van der Waals surface area contributed by atoms with Crippen molar-refractivity contribution in [1.82, 2.24) is 0 Å². The van der Waals surface area contributed by atoms with Crippen LogP contribution < -0.4 is 4.90 Å². The van der Waals surface area contributed by atoms with Gasteiger partial charge in [0.2, 0.25) is 0 Å². The maximum Gasteiger partial charge on any atom is 0.0463 e. The van der Waals surface area contributed by atoms with Crippen LogP contribution in [0.4, 0.5) is 5.69 Å². The second-order valence-corrected chi connectivity index (χ2v) is 5.56. The number of fused-ring (bicyclic) bond motifs is 1. The summed E-state index contributed by atoms with van der Waals surface area (Å²) in [5, 5.41) is 9.40. The van der Waals surface area contributed by atoms with Gasteiger partial charge in [-0.3, -0.25) is 0 Å². The molecule has 1 aromatic rings. The number of hydrogen-bond acceptors (Lipinski definition) is 2. The Labute approximate surface area is 103 Å². The van der Waals surface area contributed by atoms with Crippen molar-refractivity contribution in [3.63, 3.8) is 0 Å². The minimum absolute atomic E-state index is 0.289. The molecule has 2 heteroatoms. The van der Waals surface area contributed by atoms with Crippen LogP contribution in [0.3, 0.4) is 0 Å². The molecule has 1 fully saturated rings. The molecule has 1 heterocycles. The normalized spacial score (nSPS) is 25.5. The van der Waals surface area contributed by atoms with Gasteiger partial charge in [0.1, 0.15) is 0 Å². The molecule has 2 unspecified atom stereocenters. The van der Waals surface area contributed by atoms with E-state index < -0.39 is 0 Å². The molecular formula is C15H21NO. The zero-order chi connectivity index (χ0) is 11.8. The Balaban J connectivity index is 1.91. The summed E-state index contributed by atoms with van der Waals surface area (Å²) >= 11 is 0. The number of nitrogens with zero attached hydrogens (tertiary/aromatic N) is 1. The van der Waals surface area contributed by atoms with E-state index in [0.29, 0.717) is 11.8 Å².